The van der Waals surface area contributed by atoms with Crippen LogP contribution in [-0.4, -0.2) is 18.1 Å². The minimum absolute atomic E-state index is 0.575. The molecule has 1 aromatic rings. The van der Waals surface area contributed by atoms with Gasteiger partial charge < -0.3 is 4.90 Å². The average molecular weight is 267 g/mol. The summed E-state index contributed by atoms with van der Waals surface area (Å²) < 4.78 is 0. The maximum absolute atomic E-state index is 5.98. The Morgan fingerprint density at radius 2 is 2.11 bits per heavy atom. The normalized spacial score (nSPS) is 14.8. The molecule has 0 aromatic carbocycles. The summed E-state index contributed by atoms with van der Waals surface area (Å²) >= 11 is 5.98. The molecule has 1 saturated carbocycles. The third-order valence-corrected chi connectivity index (χ3v) is 3.74. The minimum Gasteiger partial charge on any atom is -0.356 e. The molecule has 100 valence electrons. The van der Waals surface area contributed by atoms with Crippen LogP contribution in [0.3, 0.4) is 0 Å². The Kier molecular flexibility index (Phi) is 4.87. The number of rotatable bonds is 7. The van der Waals surface area contributed by atoms with Crippen molar-refractivity contribution >= 4 is 17.4 Å². The summed E-state index contributed by atoms with van der Waals surface area (Å²) in [6, 6.07) is 4.28. The van der Waals surface area contributed by atoms with E-state index in [1.54, 1.807) is 0 Å². The fourth-order valence-corrected chi connectivity index (χ4v) is 2.39. The lowest BCUT2D eigenvalue weighted by molar-refractivity contribution is 0.696. The van der Waals surface area contributed by atoms with Crippen molar-refractivity contribution in [3.8, 4) is 0 Å². The number of hydrogen-bond acceptors (Lipinski definition) is 2. The Balaban J connectivity index is 2.20. The van der Waals surface area contributed by atoms with E-state index < -0.39 is 0 Å². The van der Waals surface area contributed by atoms with E-state index in [0.29, 0.717) is 5.88 Å². The second-order valence-corrected chi connectivity index (χ2v) is 5.47. The van der Waals surface area contributed by atoms with Gasteiger partial charge in [-0.3, -0.25) is 0 Å². The highest BCUT2D eigenvalue weighted by Gasteiger charge is 2.24. The lowest BCUT2D eigenvalue weighted by atomic mass is 10.2. The van der Waals surface area contributed by atoms with Gasteiger partial charge >= 0.3 is 0 Å². The van der Waals surface area contributed by atoms with E-state index in [-0.39, 0.29) is 0 Å². The van der Waals surface area contributed by atoms with E-state index in [1.165, 1.54) is 24.8 Å². The molecule has 1 aromatic heterocycles. The molecular formula is C15H23ClN2. The van der Waals surface area contributed by atoms with E-state index in [2.05, 4.69) is 30.9 Å². The highest BCUT2D eigenvalue weighted by atomic mass is 35.5. The second-order valence-electron chi connectivity index (χ2n) is 5.20. The maximum Gasteiger partial charge on any atom is 0.129 e. The van der Waals surface area contributed by atoms with E-state index >= 15 is 0 Å². The number of halogens is 1. The van der Waals surface area contributed by atoms with Crippen molar-refractivity contribution < 1.29 is 0 Å². The van der Waals surface area contributed by atoms with E-state index in [9.17, 15) is 0 Å². The van der Waals surface area contributed by atoms with Gasteiger partial charge in [-0.2, -0.15) is 0 Å². The van der Waals surface area contributed by atoms with Crippen LogP contribution in [0.4, 0.5) is 5.82 Å². The quantitative estimate of drug-likeness (QED) is 0.694. The number of aromatic nitrogens is 1. The summed E-state index contributed by atoms with van der Waals surface area (Å²) in [6.45, 7) is 6.63. The molecule has 0 unspecified atom stereocenters. The highest BCUT2D eigenvalue weighted by molar-refractivity contribution is 6.17. The summed E-state index contributed by atoms with van der Waals surface area (Å²) in [5.41, 5.74) is 2.34. The van der Waals surface area contributed by atoms with Crippen molar-refractivity contribution in [2.45, 2.75) is 45.4 Å². The first-order valence-electron chi connectivity index (χ1n) is 7.07. The van der Waals surface area contributed by atoms with Crippen LogP contribution < -0.4 is 4.90 Å². The van der Waals surface area contributed by atoms with E-state index in [0.717, 1.165) is 36.9 Å². The van der Waals surface area contributed by atoms with Crippen LogP contribution in [0.1, 0.15) is 44.4 Å². The zero-order valence-corrected chi connectivity index (χ0v) is 12.2. The van der Waals surface area contributed by atoms with Crippen molar-refractivity contribution in [3.63, 3.8) is 0 Å². The predicted octanol–water partition coefficient (Wildman–Crippen LogP) is 4.01. The van der Waals surface area contributed by atoms with Gasteiger partial charge in [-0.15, -0.1) is 11.6 Å². The smallest absolute Gasteiger partial charge is 0.129 e. The topological polar surface area (TPSA) is 16.1 Å². The third kappa shape index (κ3) is 3.61. The van der Waals surface area contributed by atoms with Crippen molar-refractivity contribution in [1.82, 2.24) is 4.98 Å². The molecule has 0 aliphatic heterocycles. The molecule has 0 bridgehead atoms. The molecule has 18 heavy (non-hydrogen) atoms. The molecule has 3 heteroatoms. The number of pyridine rings is 1. The Morgan fingerprint density at radius 3 is 2.67 bits per heavy atom. The van der Waals surface area contributed by atoms with Crippen LogP contribution in [0.15, 0.2) is 12.1 Å². The Hall–Kier alpha value is -0.760. The zero-order valence-electron chi connectivity index (χ0n) is 11.5. The average Bonchev–Trinajstić information content (AvgIpc) is 3.21. The fourth-order valence-electron chi connectivity index (χ4n) is 2.23. The first-order valence-corrected chi connectivity index (χ1v) is 7.61. The Labute approximate surface area is 115 Å². The van der Waals surface area contributed by atoms with Gasteiger partial charge in [0.05, 0.1) is 0 Å². The van der Waals surface area contributed by atoms with Gasteiger partial charge in [0.2, 0.25) is 0 Å². The molecule has 1 heterocycles. The van der Waals surface area contributed by atoms with Crippen LogP contribution in [0, 0.1) is 5.92 Å². The molecule has 2 rings (SSSR count). The summed E-state index contributed by atoms with van der Waals surface area (Å²) in [5.74, 6) is 2.59. The molecule has 0 N–H and O–H groups in total. The minimum atomic E-state index is 0.575. The highest BCUT2D eigenvalue weighted by Crippen LogP contribution is 2.31. The lowest BCUT2D eigenvalue weighted by Crippen LogP contribution is -2.27. The van der Waals surface area contributed by atoms with Crippen LogP contribution in [0.25, 0.3) is 0 Å². The Bertz CT molecular complexity index is 366. The molecule has 0 amide bonds. The molecule has 0 radical (unpaired) electrons. The maximum atomic E-state index is 5.98. The molecule has 0 saturated heterocycles. The van der Waals surface area contributed by atoms with Crippen LogP contribution in [0.5, 0.6) is 0 Å². The number of aryl methyl sites for hydroxylation is 1. The summed E-state index contributed by atoms with van der Waals surface area (Å²) in [5, 5.41) is 0. The van der Waals surface area contributed by atoms with Gasteiger partial charge in [0, 0.05) is 24.7 Å². The standard InChI is InChI=1S/C15H23ClN2/c1-3-7-18(11-12-5-6-12)15-9-13(10-16)8-14(4-2)17-15/h8-9,12H,3-7,10-11H2,1-2H3. The first kappa shape index (κ1) is 13.7. The van der Waals surface area contributed by atoms with Crippen molar-refractivity contribution in [2.75, 3.05) is 18.0 Å². The molecule has 2 nitrogen and oxygen atoms in total. The lowest BCUT2D eigenvalue weighted by Gasteiger charge is -2.24. The molecule has 0 atom stereocenters. The van der Waals surface area contributed by atoms with Gasteiger partial charge in [0.25, 0.3) is 0 Å². The van der Waals surface area contributed by atoms with E-state index in [4.69, 9.17) is 16.6 Å². The zero-order chi connectivity index (χ0) is 13.0. The molecule has 1 aliphatic rings. The number of anilines is 1. The van der Waals surface area contributed by atoms with Gasteiger partial charge in [0.1, 0.15) is 5.82 Å². The van der Waals surface area contributed by atoms with Gasteiger partial charge in [-0.05, 0) is 49.3 Å². The van der Waals surface area contributed by atoms with Crippen LogP contribution >= 0.6 is 11.6 Å². The summed E-state index contributed by atoms with van der Waals surface area (Å²) in [4.78, 5) is 7.20. The van der Waals surface area contributed by atoms with Gasteiger partial charge in [-0.25, -0.2) is 4.98 Å². The third-order valence-electron chi connectivity index (χ3n) is 3.43. The molecule has 1 aliphatic carbocycles. The fraction of sp³-hybridized carbons (Fsp3) is 0.667. The molecule has 0 spiro atoms. The summed E-state index contributed by atoms with van der Waals surface area (Å²) in [6.07, 6.45) is 4.91. The van der Waals surface area contributed by atoms with E-state index in [1.807, 2.05) is 0 Å². The van der Waals surface area contributed by atoms with Crippen molar-refractivity contribution in [2.24, 2.45) is 5.92 Å². The Morgan fingerprint density at radius 1 is 1.33 bits per heavy atom. The molecular weight excluding hydrogens is 244 g/mol. The molecule has 1 fully saturated rings. The van der Waals surface area contributed by atoms with Crippen molar-refractivity contribution in [3.05, 3.63) is 23.4 Å². The second kappa shape index (κ2) is 6.42. The monoisotopic (exact) mass is 266 g/mol. The van der Waals surface area contributed by atoms with Gasteiger partial charge in [0.15, 0.2) is 0 Å². The largest absolute Gasteiger partial charge is 0.356 e. The summed E-state index contributed by atoms with van der Waals surface area (Å²) in [7, 11) is 0. The van der Waals surface area contributed by atoms with Crippen LogP contribution in [0.2, 0.25) is 0 Å². The first-order chi connectivity index (χ1) is 8.76. The number of hydrogen-bond donors (Lipinski definition) is 0. The number of alkyl halides is 1. The van der Waals surface area contributed by atoms with Gasteiger partial charge in [-0.1, -0.05) is 13.8 Å². The SMILES string of the molecule is CCCN(CC1CC1)c1cc(CCl)cc(CC)n1. The number of nitrogens with zero attached hydrogens (tertiary/aromatic N) is 2. The van der Waals surface area contributed by atoms with Crippen LogP contribution in [-0.2, 0) is 12.3 Å². The predicted molar refractivity (Wildman–Crippen MR) is 78.4 cm³/mol. The van der Waals surface area contributed by atoms with Crippen molar-refractivity contribution in [1.29, 1.82) is 0 Å².